The van der Waals surface area contributed by atoms with Crippen molar-refractivity contribution in [2.75, 3.05) is 5.32 Å². The van der Waals surface area contributed by atoms with Crippen molar-refractivity contribution in [2.45, 2.75) is 26.6 Å². The first kappa shape index (κ1) is 11.9. The molecule has 2 N–H and O–H groups in total. The summed E-state index contributed by atoms with van der Waals surface area (Å²) >= 11 is 0. The summed E-state index contributed by atoms with van der Waals surface area (Å²) in [6.45, 7) is 8.27. The number of carbonyl (C=O) groups is 1. The number of amides is 1. The summed E-state index contributed by atoms with van der Waals surface area (Å²) in [4.78, 5) is 18.8. The third kappa shape index (κ3) is 2.24. The van der Waals surface area contributed by atoms with Gasteiger partial charge in [-0.05, 0) is 6.07 Å². The van der Waals surface area contributed by atoms with Crippen LogP contribution in [0.1, 0.15) is 6.92 Å². The molecule has 5 heteroatoms. The largest absolute Gasteiger partial charge is 0.360 e. The average molecular weight is 247 g/mol. The number of aromatic amines is 1. The second kappa shape index (κ2) is 3.99. The van der Waals surface area contributed by atoms with E-state index in [4.69, 9.17) is 0 Å². The molecule has 0 fully saturated rings. The van der Waals surface area contributed by atoms with E-state index in [-0.39, 0.29) is 5.91 Å². The van der Waals surface area contributed by atoms with Crippen molar-refractivity contribution in [3.8, 4) is 0 Å². The van der Waals surface area contributed by atoms with Gasteiger partial charge in [-0.15, -0.1) is 0 Å². The van der Waals surface area contributed by atoms with Crippen LogP contribution in [0.4, 0.5) is 5.69 Å². The minimum Gasteiger partial charge on any atom is -0.360 e. The van der Waals surface area contributed by atoms with Gasteiger partial charge in [0.15, 0.2) is 0 Å². The predicted octanol–water partition coefficient (Wildman–Crippen LogP) is 2.07. The fourth-order valence-electron chi connectivity index (χ4n) is 1.90. The van der Waals surface area contributed by atoms with Crippen molar-refractivity contribution in [3.63, 3.8) is 0 Å². The van der Waals surface area contributed by atoms with Gasteiger partial charge in [0.1, 0.15) is 8.07 Å². The van der Waals surface area contributed by atoms with Crippen molar-refractivity contribution < 1.29 is 4.79 Å². The van der Waals surface area contributed by atoms with Gasteiger partial charge in [0.2, 0.25) is 5.91 Å². The lowest BCUT2D eigenvalue weighted by molar-refractivity contribution is -0.114. The van der Waals surface area contributed by atoms with E-state index in [0.717, 1.165) is 21.9 Å². The van der Waals surface area contributed by atoms with Gasteiger partial charge in [-0.3, -0.25) is 9.78 Å². The van der Waals surface area contributed by atoms with E-state index in [2.05, 4.69) is 34.9 Å². The summed E-state index contributed by atoms with van der Waals surface area (Å²) in [5.74, 6) is -0.0470. The number of anilines is 1. The zero-order valence-electron chi connectivity index (χ0n) is 10.6. The number of aromatic nitrogens is 2. The Labute approximate surface area is 101 Å². The quantitative estimate of drug-likeness (QED) is 0.798. The fraction of sp³-hybridized carbons (Fsp3) is 0.333. The van der Waals surface area contributed by atoms with Gasteiger partial charge in [-0.1, -0.05) is 19.6 Å². The molecule has 0 unspecified atom stereocenters. The zero-order chi connectivity index (χ0) is 12.6. The molecule has 4 nitrogen and oxygen atoms in total. The van der Waals surface area contributed by atoms with Gasteiger partial charge < -0.3 is 10.3 Å². The Hall–Kier alpha value is -1.62. The number of carbonyl (C=O) groups excluding carboxylic acids is 1. The van der Waals surface area contributed by atoms with Crippen LogP contribution in [0.5, 0.6) is 0 Å². The topological polar surface area (TPSA) is 57.8 Å². The molecular weight excluding hydrogens is 230 g/mol. The molecule has 0 aliphatic heterocycles. The van der Waals surface area contributed by atoms with Crippen molar-refractivity contribution >= 4 is 35.9 Å². The van der Waals surface area contributed by atoms with Gasteiger partial charge in [0.05, 0.1) is 11.2 Å². The number of nitrogens with zero attached hydrogens (tertiary/aromatic N) is 1. The van der Waals surface area contributed by atoms with Crippen LogP contribution in [-0.2, 0) is 4.79 Å². The number of nitrogens with one attached hydrogen (secondary N) is 2. The van der Waals surface area contributed by atoms with Crippen LogP contribution >= 0.6 is 0 Å². The molecule has 0 saturated heterocycles. The Balaban J connectivity index is 2.69. The standard InChI is InChI=1S/C12H17N3OSi/c1-8(16)14-11-9-7-13-6-5-10(9)15-12(11)17(2,3)4/h5-7,15H,1-4H3,(H,14,16). The maximum Gasteiger partial charge on any atom is 0.221 e. The highest BCUT2D eigenvalue weighted by molar-refractivity contribution is 6.89. The number of pyridine rings is 1. The van der Waals surface area contributed by atoms with Crippen LogP contribution in [0.2, 0.25) is 19.6 Å². The Morgan fingerprint density at radius 3 is 2.71 bits per heavy atom. The van der Waals surface area contributed by atoms with Crippen molar-refractivity contribution in [1.82, 2.24) is 9.97 Å². The molecule has 0 bridgehead atoms. The van der Waals surface area contributed by atoms with E-state index in [1.165, 1.54) is 6.92 Å². The smallest absolute Gasteiger partial charge is 0.221 e. The summed E-state index contributed by atoms with van der Waals surface area (Å²) in [6.07, 6.45) is 3.55. The summed E-state index contributed by atoms with van der Waals surface area (Å²) in [7, 11) is -1.53. The molecule has 0 atom stereocenters. The first-order chi connectivity index (χ1) is 7.89. The number of fused-ring (bicyclic) bond motifs is 1. The third-order valence-electron chi connectivity index (χ3n) is 2.65. The van der Waals surface area contributed by atoms with Gasteiger partial charge in [-0.2, -0.15) is 0 Å². The molecule has 0 radical (unpaired) electrons. The number of hydrogen-bond acceptors (Lipinski definition) is 2. The van der Waals surface area contributed by atoms with E-state index in [9.17, 15) is 4.79 Å². The molecule has 2 rings (SSSR count). The Morgan fingerprint density at radius 1 is 1.41 bits per heavy atom. The molecule has 0 spiro atoms. The molecule has 0 aliphatic rings. The number of H-pyrrole nitrogens is 1. The Kier molecular flexibility index (Phi) is 2.78. The van der Waals surface area contributed by atoms with E-state index in [1.807, 2.05) is 6.07 Å². The lowest BCUT2D eigenvalue weighted by Crippen LogP contribution is -2.40. The molecular formula is C12H17N3OSi. The van der Waals surface area contributed by atoms with E-state index >= 15 is 0 Å². The van der Waals surface area contributed by atoms with E-state index in [1.54, 1.807) is 12.4 Å². The summed E-state index contributed by atoms with van der Waals surface area (Å²) < 4.78 is 0. The number of rotatable bonds is 2. The zero-order valence-corrected chi connectivity index (χ0v) is 11.6. The van der Waals surface area contributed by atoms with Crippen molar-refractivity contribution in [2.24, 2.45) is 0 Å². The Morgan fingerprint density at radius 2 is 2.12 bits per heavy atom. The molecule has 2 heterocycles. The molecule has 90 valence electrons. The normalized spacial score (nSPS) is 11.8. The van der Waals surface area contributed by atoms with Crippen LogP contribution in [0.15, 0.2) is 18.5 Å². The highest BCUT2D eigenvalue weighted by Crippen LogP contribution is 2.23. The lowest BCUT2D eigenvalue weighted by atomic mass is 10.3. The van der Waals surface area contributed by atoms with Gasteiger partial charge in [0, 0.05) is 30.0 Å². The van der Waals surface area contributed by atoms with Gasteiger partial charge >= 0.3 is 0 Å². The maximum absolute atomic E-state index is 11.3. The lowest BCUT2D eigenvalue weighted by Gasteiger charge is -2.17. The van der Waals surface area contributed by atoms with Crippen molar-refractivity contribution in [1.29, 1.82) is 0 Å². The van der Waals surface area contributed by atoms with Gasteiger partial charge in [-0.25, -0.2) is 0 Å². The first-order valence-corrected chi connectivity index (χ1v) is 9.13. The van der Waals surface area contributed by atoms with Crippen LogP contribution in [0.25, 0.3) is 10.9 Å². The van der Waals surface area contributed by atoms with E-state index in [0.29, 0.717) is 0 Å². The Bertz CT molecular complexity index is 569. The molecule has 2 aromatic rings. The number of hydrogen-bond donors (Lipinski definition) is 2. The molecule has 0 aliphatic carbocycles. The molecule has 17 heavy (non-hydrogen) atoms. The summed E-state index contributed by atoms with van der Waals surface area (Å²) in [5, 5.41) is 5.08. The fourth-order valence-corrected chi connectivity index (χ4v) is 3.36. The predicted molar refractivity (Wildman–Crippen MR) is 73.4 cm³/mol. The first-order valence-electron chi connectivity index (χ1n) is 5.63. The minimum absolute atomic E-state index is 0.0470. The SMILES string of the molecule is CC(=O)Nc1c([Si](C)(C)C)[nH]c2ccncc12. The molecule has 0 saturated carbocycles. The van der Waals surface area contributed by atoms with Crippen LogP contribution < -0.4 is 10.6 Å². The van der Waals surface area contributed by atoms with Gasteiger partial charge in [0.25, 0.3) is 0 Å². The maximum atomic E-state index is 11.3. The summed E-state index contributed by atoms with van der Waals surface area (Å²) in [5.41, 5.74) is 1.93. The third-order valence-corrected chi connectivity index (χ3v) is 4.53. The van der Waals surface area contributed by atoms with E-state index < -0.39 is 8.07 Å². The summed E-state index contributed by atoms with van der Waals surface area (Å²) in [6, 6.07) is 1.93. The minimum atomic E-state index is -1.53. The van der Waals surface area contributed by atoms with Crippen molar-refractivity contribution in [3.05, 3.63) is 18.5 Å². The average Bonchev–Trinajstić information content (AvgIpc) is 2.56. The van der Waals surface area contributed by atoms with Crippen LogP contribution in [0, 0.1) is 0 Å². The molecule has 1 amide bonds. The highest BCUT2D eigenvalue weighted by Gasteiger charge is 2.24. The second-order valence-electron chi connectivity index (χ2n) is 5.23. The molecule has 0 aromatic carbocycles. The molecule has 2 aromatic heterocycles. The van der Waals surface area contributed by atoms with Crippen LogP contribution in [-0.4, -0.2) is 23.9 Å². The highest BCUT2D eigenvalue weighted by atomic mass is 28.3. The monoisotopic (exact) mass is 247 g/mol. The van der Waals surface area contributed by atoms with Crippen LogP contribution in [0.3, 0.4) is 0 Å². The second-order valence-corrected chi connectivity index (χ2v) is 10.2.